The zero-order chi connectivity index (χ0) is 13.1. The monoisotopic (exact) mass is 237 g/mol. The molecule has 92 valence electrons. The molecule has 0 bridgehead atoms. The molecule has 5 heteroatoms. The Morgan fingerprint density at radius 1 is 1.29 bits per heavy atom. The number of Topliss-reactive ketones (excluding diaryl/α,β-unsaturated/α-hetero) is 1. The van der Waals surface area contributed by atoms with Gasteiger partial charge in [0.1, 0.15) is 6.61 Å². The van der Waals surface area contributed by atoms with Crippen LogP contribution in [-0.2, 0) is 4.74 Å². The Hall–Kier alpha value is -1.75. The predicted octanol–water partition coefficient (Wildman–Crippen LogP) is 2.59. The lowest BCUT2D eigenvalue weighted by molar-refractivity contribution is -0.384. The molecule has 0 amide bonds. The van der Waals surface area contributed by atoms with Crippen LogP contribution in [0.15, 0.2) is 24.3 Å². The second-order valence-electron chi connectivity index (χ2n) is 4.63. The Morgan fingerprint density at radius 3 is 2.24 bits per heavy atom. The van der Waals surface area contributed by atoms with Crippen molar-refractivity contribution in [1.82, 2.24) is 0 Å². The standard InChI is InChI=1S/C12H15NO4/c1-12(2,3)17-8-11(14)9-4-6-10(7-5-9)13(15)16/h4-7H,8H2,1-3H3. The molecule has 1 aromatic rings. The Bertz CT molecular complexity index is 417. The van der Waals surface area contributed by atoms with E-state index in [1.807, 2.05) is 20.8 Å². The van der Waals surface area contributed by atoms with Gasteiger partial charge in [0, 0.05) is 17.7 Å². The summed E-state index contributed by atoms with van der Waals surface area (Å²) in [5, 5.41) is 10.4. The summed E-state index contributed by atoms with van der Waals surface area (Å²) in [6.07, 6.45) is 0. The van der Waals surface area contributed by atoms with E-state index in [0.29, 0.717) is 5.56 Å². The van der Waals surface area contributed by atoms with Crippen molar-refractivity contribution in [2.24, 2.45) is 0 Å². The first-order valence-corrected chi connectivity index (χ1v) is 5.21. The third-order valence-corrected chi connectivity index (χ3v) is 2.04. The number of ketones is 1. The van der Waals surface area contributed by atoms with Gasteiger partial charge in [-0.15, -0.1) is 0 Å². The summed E-state index contributed by atoms with van der Waals surface area (Å²) in [7, 11) is 0. The number of hydrogen-bond acceptors (Lipinski definition) is 4. The van der Waals surface area contributed by atoms with Gasteiger partial charge in [-0.05, 0) is 32.9 Å². The molecule has 0 saturated carbocycles. The number of rotatable bonds is 4. The molecule has 1 rings (SSSR count). The van der Waals surface area contributed by atoms with Crippen molar-refractivity contribution in [3.63, 3.8) is 0 Å². The zero-order valence-corrected chi connectivity index (χ0v) is 10.1. The van der Waals surface area contributed by atoms with E-state index < -0.39 is 4.92 Å². The minimum Gasteiger partial charge on any atom is -0.368 e. The molecule has 0 atom stereocenters. The minimum absolute atomic E-state index is 0.0265. The summed E-state index contributed by atoms with van der Waals surface area (Å²) in [5.74, 6) is -0.185. The second kappa shape index (κ2) is 5.05. The van der Waals surface area contributed by atoms with Crippen molar-refractivity contribution < 1.29 is 14.5 Å². The highest BCUT2D eigenvalue weighted by Crippen LogP contribution is 2.13. The molecule has 0 aliphatic heterocycles. The first-order chi connectivity index (χ1) is 7.79. The van der Waals surface area contributed by atoms with Crippen molar-refractivity contribution in [1.29, 1.82) is 0 Å². The van der Waals surface area contributed by atoms with Crippen molar-refractivity contribution in [2.45, 2.75) is 26.4 Å². The van der Waals surface area contributed by atoms with Crippen LogP contribution < -0.4 is 0 Å². The summed E-state index contributed by atoms with van der Waals surface area (Å²) in [5.41, 5.74) is 0.00863. The molecule has 0 saturated heterocycles. The van der Waals surface area contributed by atoms with E-state index in [1.165, 1.54) is 24.3 Å². The molecular formula is C12H15NO4. The third-order valence-electron chi connectivity index (χ3n) is 2.04. The average Bonchev–Trinajstić information content (AvgIpc) is 2.25. The number of carbonyl (C=O) groups excluding carboxylic acids is 1. The number of benzene rings is 1. The maximum absolute atomic E-state index is 11.7. The first-order valence-electron chi connectivity index (χ1n) is 5.21. The van der Waals surface area contributed by atoms with E-state index in [-0.39, 0.29) is 23.7 Å². The third kappa shape index (κ3) is 4.32. The van der Waals surface area contributed by atoms with Crippen LogP contribution in [0, 0.1) is 10.1 Å². The summed E-state index contributed by atoms with van der Waals surface area (Å²) in [4.78, 5) is 21.6. The van der Waals surface area contributed by atoms with E-state index in [4.69, 9.17) is 4.74 Å². The molecule has 0 radical (unpaired) electrons. The highest BCUT2D eigenvalue weighted by atomic mass is 16.6. The smallest absolute Gasteiger partial charge is 0.269 e. The molecule has 5 nitrogen and oxygen atoms in total. The van der Waals surface area contributed by atoms with Crippen LogP contribution in [-0.4, -0.2) is 22.9 Å². The van der Waals surface area contributed by atoms with Gasteiger partial charge in [0.15, 0.2) is 5.78 Å². The van der Waals surface area contributed by atoms with E-state index in [1.54, 1.807) is 0 Å². The molecule has 0 aliphatic rings. The van der Waals surface area contributed by atoms with Gasteiger partial charge < -0.3 is 4.74 Å². The maximum atomic E-state index is 11.7. The van der Waals surface area contributed by atoms with Gasteiger partial charge in [-0.25, -0.2) is 0 Å². The van der Waals surface area contributed by atoms with Crippen LogP contribution in [0.5, 0.6) is 0 Å². The Morgan fingerprint density at radius 2 is 1.82 bits per heavy atom. The summed E-state index contributed by atoms with van der Waals surface area (Å²) >= 11 is 0. The van der Waals surface area contributed by atoms with Gasteiger partial charge in [0.05, 0.1) is 10.5 Å². The van der Waals surface area contributed by atoms with E-state index in [2.05, 4.69) is 0 Å². The van der Waals surface area contributed by atoms with E-state index in [0.717, 1.165) is 0 Å². The van der Waals surface area contributed by atoms with Crippen LogP contribution in [0.3, 0.4) is 0 Å². The largest absolute Gasteiger partial charge is 0.368 e. The zero-order valence-electron chi connectivity index (χ0n) is 10.1. The molecule has 0 aromatic heterocycles. The summed E-state index contributed by atoms with van der Waals surface area (Å²) < 4.78 is 5.34. The quantitative estimate of drug-likeness (QED) is 0.458. The highest BCUT2D eigenvalue weighted by Gasteiger charge is 2.15. The normalized spacial score (nSPS) is 11.2. The lowest BCUT2D eigenvalue weighted by atomic mass is 10.1. The molecule has 0 aliphatic carbocycles. The Balaban J connectivity index is 2.67. The first kappa shape index (κ1) is 13.3. The van der Waals surface area contributed by atoms with Crippen molar-refractivity contribution in [3.8, 4) is 0 Å². The highest BCUT2D eigenvalue weighted by molar-refractivity contribution is 5.97. The predicted molar refractivity (Wildman–Crippen MR) is 63.1 cm³/mol. The molecule has 0 N–H and O–H groups in total. The fourth-order valence-corrected chi connectivity index (χ4v) is 1.13. The molecule has 1 aromatic carbocycles. The fourth-order valence-electron chi connectivity index (χ4n) is 1.13. The summed E-state index contributed by atoms with van der Waals surface area (Å²) in [6.45, 7) is 5.55. The fraction of sp³-hybridized carbons (Fsp3) is 0.417. The SMILES string of the molecule is CC(C)(C)OCC(=O)c1ccc([N+](=O)[O-])cc1. The molecule has 0 spiro atoms. The molecule has 0 heterocycles. The van der Waals surface area contributed by atoms with Crippen LogP contribution in [0.25, 0.3) is 0 Å². The number of nitrogens with zero attached hydrogens (tertiary/aromatic N) is 1. The Labute approximate surface area is 99.5 Å². The van der Waals surface area contributed by atoms with E-state index >= 15 is 0 Å². The molecule has 17 heavy (non-hydrogen) atoms. The second-order valence-corrected chi connectivity index (χ2v) is 4.63. The van der Waals surface area contributed by atoms with Crippen LogP contribution in [0.2, 0.25) is 0 Å². The van der Waals surface area contributed by atoms with Crippen molar-refractivity contribution in [2.75, 3.05) is 6.61 Å². The van der Waals surface area contributed by atoms with Gasteiger partial charge in [-0.1, -0.05) is 0 Å². The minimum atomic E-state index is -0.500. The number of non-ortho nitro benzene ring substituents is 1. The van der Waals surface area contributed by atoms with Gasteiger partial charge in [0.2, 0.25) is 0 Å². The van der Waals surface area contributed by atoms with Gasteiger partial charge >= 0.3 is 0 Å². The van der Waals surface area contributed by atoms with Crippen molar-refractivity contribution >= 4 is 11.5 Å². The topological polar surface area (TPSA) is 69.4 Å². The maximum Gasteiger partial charge on any atom is 0.269 e. The molecule has 0 fully saturated rings. The van der Waals surface area contributed by atoms with Crippen LogP contribution in [0.4, 0.5) is 5.69 Å². The molecular weight excluding hydrogens is 222 g/mol. The van der Waals surface area contributed by atoms with Crippen molar-refractivity contribution in [3.05, 3.63) is 39.9 Å². The van der Waals surface area contributed by atoms with Gasteiger partial charge in [-0.2, -0.15) is 0 Å². The number of nitro groups is 1. The van der Waals surface area contributed by atoms with Gasteiger partial charge in [-0.3, -0.25) is 14.9 Å². The lowest BCUT2D eigenvalue weighted by Gasteiger charge is -2.18. The van der Waals surface area contributed by atoms with Crippen LogP contribution in [0.1, 0.15) is 31.1 Å². The summed E-state index contributed by atoms with van der Waals surface area (Å²) in [6, 6.07) is 5.49. The van der Waals surface area contributed by atoms with E-state index in [9.17, 15) is 14.9 Å². The lowest BCUT2D eigenvalue weighted by Crippen LogP contribution is -2.23. The number of ether oxygens (including phenoxy) is 1. The van der Waals surface area contributed by atoms with Gasteiger partial charge in [0.25, 0.3) is 5.69 Å². The average molecular weight is 237 g/mol. The Kier molecular flexibility index (Phi) is 3.96. The number of carbonyl (C=O) groups is 1. The number of nitro benzene ring substituents is 1. The van der Waals surface area contributed by atoms with Crippen LogP contribution >= 0.6 is 0 Å². The number of hydrogen-bond donors (Lipinski definition) is 0. The molecule has 0 unspecified atom stereocenters.